The minimum Gasteiger partial charge on any atom is -0.481 e. The number of carbonyl (C=O) groups is 2. The molecule has 2 rings (SSSR count). The van der Waals surface area contributed by atoms with Crippen LogP contribution < -0.4 is 0 Å². The summed E-state index contributed by atoms with van der Waals surface area (Å²) in [6, 6.07) is 0. The van der Waals surface area contributed by atoms with E-state index in [9.17, 15) is 19.8 Å². The van der Waals surface area contributed by atoms with Crippen LogP contribution >= 0.6 is 0 Å². The van der Waals surface area contributed by atoms with Crippen LogP contribution in [0.2, 0.25) is 0 Å². The third-order valence-corrected chi connectivity index (χ3v) is 4.57. The van der Waals surface area contributed by atoms with Gasteiger partial charge in [-0.15, -0.1) is 0 Å². The standard InChI is InChI=1S/C15H20O4/c1-10-7-8-15(14(18)19,9-12(10)13(16)17)11-5-3-2-4-6-11/h7-8,11H,2-6,9H2,1H3,(H,16,17)(H,18,19). The van der Waals surface area contributed by atoms with E-state index in [0.29, 0.717) is 5.57 Å². The van der Waals surface area contributed by atoms with Gasteiger partial charge in [0.15, 0.2) is 0 Å². The van der Waals surface area contributed by atoms with E-state index in [1.807, 2.05) is 0 Å². The molecule has 1 atom stereocenters. The average Bonchev–Trinajstić information content (AvgIpc) is 2.40. The van der Waals surface area contributed by atoms with Gasteiger partial charge in [0.05, 0.1) is 5.41 Å². The first-order valence-electron chi connectivity index (χ1n) is 6.83. The second kappa shape index (κ2) is 5.19. The topological polar surface area (TPSA) is 74.6 Å². The molecule has 0 bridgehead atoms. The normalized spacial score (nSPS) is 28.5. The lowest BCUT2D eigenvalue weighted by atomic mass is 9.63. The molecule has 0 aromatic carbocycles. The lowest BCUT2D eigenvalue weighted by Crippen LogP contribution is -2.40. The summed E-state index contributed by atoms with van der Waals surface area (Å²) in [5.74, 6) is -1.83. The van der Waals surface area contributed by atoms with E-state index in [1.165, 1.54) is 0 Å². The molecule has 19 heavy (non-hydrogen) atoms. The molecule has 4 nitrogen and oxygen atoms in total. The molecule has 2 N–H and O–H groups in total. The Balaban J connectivity index is 2.35. The van der Waals surface area contributed by atoms with Crippen molar-refractivity contribution in [1.82, 2.24) is 0 Å². The third kappa shape index (κ3) is 2.44. The lowest BCUT2D eigenvalue weighted by molar-refractivity contribution is -0.150. The summed E-state index contributed by atoms with van der Waals surface area (Å²) in [5, 5.41) is 18.9. The van der Waals surface area contributed by atoms with Gasteiger partial charge in [-0.1, -0.05) is 31.4 Å². The summed E-state index contributed by atoms with van der Waals surface area (Å²) in [6.45, 7) is 1.73. The van der Waals surface area contributed by atoms with E-state index in [2.05, 4.69) is 0 Å². The van der Waals surface area contributed by atoms with Gasteiger partial charge in [-0.25, -0.2) is 4.79 Å². The minimum atomic E-state index is -1.02. The number of rotatable bonds is 3. The highest BCUT2D eigenvalue weighted by Crippen LogP contribution is 2.47. The Hall–Kier alpha value is -1.58. The highest BCUT2D eigenvalue weighted by Gasteiger charge is 2.46. The van der Waals surface area contributed by atoms with Crippen LogP contribution in [0, 0.1) is 11.3 Å². The van der Waals surface area contributed by atoms with Crippen molar-refractivity contribution in [3.05, 3.63) is 23.3 Å². The first-order chi connectivity index (χ1) is 8.97. The zero-order valence-corrected chi connectivity index (χ0v) is 11.2. The van der Waals surface area contributed by atoms with Crippen LogP contribution in [0.25, 0.3) is 0 Å². The molecule has 1 saturated carbocycles. The quantitative estimate of drug-likeness (QED) is 0.821. The van der Waals surface area contributed by atoms with Gasteiger partial charge in [-0.05, 0) is 37.7 Å². The molecule has 0 radical (unpaired) electrons. The fraction of sp³-hybridized carbons (Fsp3) is 0.600. The van der Waals surface area contributed by atoms with Gasteiger partial charge in [0, 0.05) is 5.57 Å². The van der Waals surface area contributed by atoms with Crippen molar-refractivity contribution in [2.24, 2.45) is 11.3 Å². The van der Waals surface area contributed by atoms with Crippen LogP contribution in [0.3, 0.4) is 0 Å². The SMILES string of the molecule is CC1=C(C(=O)O)CC(C(=O)O)(C2CCCCC2)C=C1. The maximum atomic E-state index is 11.8. The van der Waals surface area contributed by atoms with Crippen molar-refractivity contribution in [2.75, 3.05) is 0 Å². The van der Waals surface area contributed by atoms with Crippen molar-refractivity contribution in [2.45, 2.75) is 45.4 Å². The van der Waals surface area contributed by atoms with Gasteiger partial charge in [-0.3, -0.25) is 4.79 Å². The van der Waals surface area contributed by atoms with Crippen LogP contribution in [-0.4, -0.2) is 22.2 Å². The molecule has 0 heterocycles. The van der Waals surface area contributed by atoms with Gasteiger partial charge in [-0.2, -0.15) is 0 Å². The molecule has 104 valence electrons. The maximum Gasteiger partial charge on any atom is 0.331 e. The molecule has 0 amide bonds. The average molecular weight is 264 g/mol. The number of carboxylic acids is 2. The number of hydrogen-bond acceptors (Lipinski definition) is 2. The Kier molecular flexibility index (Phi) is 3.78. The van der Waals surface area contributed by atoms with Crippen molar-refractivity contribution >= 4 is 11.9 Å². The van der Waals surface area contributed by atoms with Crippen LogP contribution in [0.1, 0.15) is 45.4 Å². The third-order valence-electron chi connectivity index (χ3n) is 4.57. The molecule has 1 fully saturated rings. The van der Waals surface area contributed by atoms with E-state index >= 15 is 0 Å². The summed E-state index contributed by atoms with van der Waals surface area (Å²) in [4.78, 5) is 23.1. The van der Waals surface area contributed by atoms with E-state index in [1.54, 1.807) is 19.1 Å². The van der Waals surface area contributed by atoms with Crippen molar-refractivity contribution in [3.63, 3.8) is 0 Å². The smallest absolute Gasteiger partial charge is 0.331 e. The van der Waals surface area contributed by atoms with Gasteiger partial charge in [0.1, 0.15) is 0 Å². The highest BCUT2D eigenvalue weighted by atomic mass is 16.4. The predicted octanol–water partition coefficient (Wildman–Crippen LogP) is 3.00. The maximum absolute atomic E-state index is 11.8. The second-order valence-electron chi connectivity index (χ2n) is 5.66. The van der Waals surface area contributed by atoms with Gasteiger partial charge in [0.25, 0.3) is 0 Å². The molecule has 1 unspecified atom stereocenters. The molecule has 0 aliphatic heterocycles. The van der Waals surface area contributed by atoms with E-state index in [0.717, 1.165) is 32.1 Å². The number of hydrogen-bond donors (Lipinski definition) is 2. The monoisotopic (exact) mass is 264 g/mol. The first-order valence-corrected chi connectivity index (χ1v) is 6.83. The Morgan fingerprint density at radius 2 is 1.84 bits per heavy atom. The number of allylic oxidation sites excluding steroid dienone is 2. The molecule has 0 spiro atoms. The Bertz CT molecular complexity index is 455. The molecular formula is C15H20O4. The largest absolute Gasteiger partial charge is 0.481 e. The Morgan fingerprint density at radius 1 is 1.21 bits per heavy atom. The van der Waals surface area contributed by atoms with Crippen molar-refractivity contribution in [1.29, 1.82) is 0 Å². The Morgan fingerprint density at radius 3 is 2.37 bits per heavy atom. The number of carboxylic acid groups (broad SMARTS) is 2. The fourth-order valence-corrected chi connectivity index (χ4v) is 3.33. The van der Waals surface area contributed by atoms with E-state index < -0.39 is 17.4 Å². The fourth-order valence-electron chi connectivity index (χ4n) is 3.33. The summed E-state index contributed by atoms with van der Waals surface area (Å²) >= 11 is 0. The van der Waals surface area contributed by atoms with Gasteiger partial charge < -0.3 is 10.2 Å². The van der Waals surface area contributed by atoms with Crippen LogP contribution in [-0.2, 0) is 9.59 Å². The molecule has 2 aliphatic rings. The predicted molar refractivity (Wildman–Crippen MR) is 70.7 cm³/mol. The van der Waals surface area contributed by atoms with Gasteiger partial charge in [0.2, 0.25) is 0 Å². The lowest BCUT2D eigenvalue weighted by Gasteiger charge is -2.39. The van der Waals surface area contributed by atoms with Crippen LogP contribution in [0.5, 0.6) is 0 Å². The minimum absolute atomic E-state index is 0.0532. The summed E-state index contributed by atoms with van der Waals surface area (Å²) in [5.41, 5.74) is -0.108. The highest BCUT2D eigenvalue weighted by molar-refractivity contribution is 5.91. The molecule has 4 heteroatoms. The van der Waals surface area contributed by atoms with Crippen molar-refractivity contribution in [3.8, 4) is 0 Å². The van der Waals surface area contributed by atoms with Crippen molar-refractivity contribution < 1.29 is 19.8 Å². The second-order valence-corrected chi connectivity index (χ2v) is 5.66. The molecule has 0 aromatic rings. The molecule has 0 aromatic heterocycles. The summed E-state index contributed by atoms with van der Waals surface area (Å²) in [7, 11) is 0. The zero-order chi connectivity index (χ0) is 14.0. The van der Waals surface area contributed by atoms with Crippen LogP contribution in [0.15, 0.2) is 23.3 Å². The summed E-state index contributed by atoms with van der Waals surface area (Å²) in [6.07, 6.45) is 8.51. The molecular weight excluding hydrogens is 244 g/mol. The molecule has 0 saturated heterocycles. The van der Waals surface area contributed by atoms with E-state index in [-0.39, 0.29) is 17.9 Å². The van der Waals surface area contributed by atoms with E-state index in [4.69, 9.17) is 0 Å². The molecule has 2 aliphatic carbocycles. The van der Waals surface area contributed by atoms with Gasteiger partial charge >= 0.3 is 11.9 Å². The zero-order valence-electron chi connectivity index (χ0n) is 11.2. The number of aliphatic carboxylic acids is 2. The van der Waals surface area contributed by atoms with Crippen LogP contribution in [0.4, 0.5) is 0 Å². The summed E-state index contributed by atoms with van der Waals surface area (Å²) < 4.78 is 0. The first kappa shape index (κ1) is 13.8. The Labute approximate surface area is 112 Å².